The summed E-state index contributed by atoms with van der Waals surface area (Å²) in [4.78, 5) is 25.1. The van der Waals surface area contributed by atoms with E-state index in [-0.39, 0.29) is 16.3 Å². The van der Waals surface area contributed by atoms with Gasteiger partial charge in [-0.15, -0.1) is 5.10 Å². The fraction of sp³-hybridized carbons (Fsp3) is 0.414. The molecule has 1 aliphatic rings. The number of imidazole rings is 1. The maximum atomic E-state index is 13.5. The quantitative estimate of drug-likeness (QED) is 0.293. The molecule has 218 valence electrons. The number of ether oxygens (including phenoxy) is 1. The molecule has 41 heavy (non-hydrogen) atoms. The molecule has 2 N–H and O–H groups in total. The molecular weight excluding hydrogens is 542 g/mol. The number of aromatic amines is 1. The first-order chi connectivity index (χ1) is 19.7. The molecule has 1 saturated heterocycles. The summed E-state index contributed by atoms with van der Waals surface area (Å²) in [6, 6.07) is 12.0. The zero-order valence-electron chi connectivity index (χ0n) is 24.0. The molecule has 0 radical (unpaired) electrons. The van der Waals surface area contributed by atoms with Crippen LogP contribution in [-0.4, -0.2) is 77.6 Å². The van der Waals surface area contributed by atoms with Gasteiger partial charge in [-0.1, -0.05) is 19.1 Å². The number of fused-ring (bicyclic) bond motifs is 1. The number of aryl methyl sites for hydroxylation is 2. The topological polar surface area (TPSA) is 125 Å². The van der Waals surface area contributed by atoms with Gasteiger partial charge in [-0.25, -0.2) is 17.9 Å². The van der Waals surface area contributed by atoms with Gasteiger partial charge in [0.15, 0.2) is 11.3 Å². The van der Waals surface area contributed by atoms with E-state index in [2.05, 4.69) is 36.6 Å². The molecule has 5 rings (SSSR count). The Morgan fingerprint density at radius 3 is 2.59 bits per heavy atom. The van der Waals surface area contributed by atoms with Gasteiger partial charge in [0.2, 0.25) is 0 Å². The Kier molecular flexibility index (Phi) is 8.43. The molecule has 2 aromatic heterocycles. The summed E-state index contributed by atoms with van der Waals surface area (Å²) in [7, 11) is -1.84. The van der Waals surface area contributed by atoms with Crippen LogP contribution in [0.1, 0.15) is 37.4 Å². The average Bonchev–Trinajstić information content (AvgIpc) is 3.25. The van der Waals surface area contributed by atoms with Crippen molar-refractivity contribution in [2.24, 2.45) is 0 Å². The minimum atomic E-state index is -3.96. The number of H-pyrrole nitrogens is 1. The summed E-state index contributed by atoms with van der Waals surface area (Å²) in [6.07, 6.45) is 1.48. The lowest BCUT2D eigenvalue weighted by Gasteiger charge is -2.32. The Labute approximate surface area is 240 Å². The normalized spacial score (nSPS) is 14.9. The number of piperazine rings is 1. The van der Waals surface area contributed by atoms with Crippen LogP contribution in [0.25, 0.3) is 16.9 Å². The molecule has 2 aromatic carbocycles. The molecule has 0 spiro atoms. The van der Waals surface area contributed by atoms with E-state index in [0.29, 0.717) is 47.1 Å². The lowest BCUT2D eigenvalue weighted by Crippen LogP contribution is -2.43. The van der Waals surface area contributed by atoms with Crippen LogP contribution in [0.2, 0.25) is 0 Å². The number of hydrogen-bond acceptors (Lipinski definition) is 8. The molecule has 0 saturated carbocycles. The Bertz CT molecular complexity index is 1710. The zero-order valence-corrected chi connectivity index (χ0v) is 24.8. The van der Waals surface area contributed by atoms with E-state index in [1.54, 1.807) is 23.6 Å². The van der Waals surface area contributed by atoms with Crippen LogP contribution < -0.4 is 15.0 Å². The highest BCUT2D eigenvalue weighted by Gasteiger charge is 2.22. The van der Waals surface area contributed by atoms with Crippen molar-refractivity contribution in [3.63, 3.8) is 0 Å². The first-order valence-electron chi connectivity index (χ1n) is 14.0. The van der Waals surface area contributed by atoms with Crippen LogP contribution in [0.5, 0.6) is 5.75 Å². The second-order valence-corrected chi connectivity index (χ2v) is 12.1. The fourth-order valence-corrected chi connectivity index (χ4v) is 6.17. The van der Waals surface area contributed by atoms with Gasteiger partial charge < -0.3 is 14.6 Å². The number of aromatic nitrogens is 4. The minimum absolute atomic E-state index is 0.0266. The molecule has 4 aromatic rings. The van der Waals surface area contributed by atoms with Crippen LogP contribution in [-0.2, 0) is 23.0 Å². The highest BCUT2D eigenvalue weighted by Crippen LogP contribution is 2.31. The fourth-order valence-electron chi connectivity index (χ4n) is 5.10. The van der Waals surface area contributed by atoms with Crippen LogP contribution in [0.15, 0.2) is 52.2 Å². The van der Waals surface area contributed by atoms with Gasteiger partial charge in [0.05, 0.1) is 22.8 Å². The molecule has 11 nitrogen and oxygen atoms in total. The van der Waals surface area contributed by atoms with Gasteiger partial charge in [0.25, 0.3) is 15.6 Å². The van der Waals surface area contributed by atoms with Crippen LogP contribution >= 0.6 is 0 Å². The van der Waals surface area contributed by atoms with Gasteiger partial charge >= 0.3 is 0 Å². The Balaban J connectivity index is 1.47. The maximum Gasteiger partial charge on any atom is 0.277 e. The molecule has 0 aliphatic carbocycles. The van der Waals surface area contributed by atoms with Crippen molar-refractivity contribution in [1.82, 2.24) is 29.4 Å². The second-order valence-electron chi connectivity index (χ2n) is 10.4. The number of nitrogens with one attached hydrogen (secondary N) is 2. The van der Waals surface area contributed by atoms with Crippen molar-refractivity contribution in [3.8, 4) is 17.1 Å². The first kappa shape index (κ1) is 28.8. The Morgan fingerprint density at radius 1 is 1.07 bits per heavy atom. The highest BCUT2D eigenvalue weighted by molar-refractivity contribution is 7.92. The Morgan fingerprint density at radius 2 is 1.85 bits per heavy atom. The molecule has 0 bridgehead atoms. The molecule has 1 aliphatic heterocycles. The van der Waals surface area contributed by atoms with Gasteiger partial charge in [-0.05, 0) is 63.2 Å². The smallest absolute Gasteiger partial charge is 0.277 e. The third-order valence-electron chi connectivity index (χ3n) is 7.21. The van der Waals surface area contributed by atoms with Crippen molar-refractivity contribution in [2.75, 3.05) is 44.6 Å². The average molecular weight is 580 g/mol. The summed E-state index contributed by atoms with van der Waals surface area (Å²) in [5.41, 5.74) is 2.50. The van der Waals surface area contributed by atoms with Gasteiger partial charge in [-0.2, -0.15) is 0 Å². The van der Waals surface area contributed by atoms with Gasteiger partial charge in [0, 0.05) is 44.8 Å². The lowest BCUT2D eigenvalue weighted by molar-refractivity contribution is 0.148. The number of nitrogens with zero attached hydrogens (tertiary/aromatic N) is 5. The predicted molar refractivity (Wildman–Crippen MR) is 159 cm³/mol. The SMILES string of the molecule is CCCc1nc(C)c2c(=O)[nH]c(-c3cc(S(=O)(=O)Nc4cccc(CN5CCN(C)CC5)c4)ccc3OCC)nn12. The molecule has 0 atom stereocenters. The third-order valence-corrected chi connectivity index (χ3v) is 8.59. The number of hydrogen-bond donors (Lipinski definition) is 2. The van der Waals surface area contributed by atoms with E-state index in [9.17, 15) is 13.2 Å². The third kappa shape index (κ3) is 6.29. The molecule has 0 amide bonds. The molecule has 1 fully saturated rings. The van der Waals surface area contributed by atoms with Crippen molar-refractivity contribution < 1.29 is 13.2 Å². The largest absolute Gasteiger partial charge is 0.493 e. The molecule has 0 unspecified atom stereocenters. The minimum Gasteiger partial charge on any atom is -0.493 e. The number of sulfonamides is 1. The van der Waals surface area contributed by atoms with Crippen molar-refractivity contribution in [3.05, 3.63) is 69.9 Å². The Hall–Kier alpha value is -3.74. The maximum absolute atomic E-state index is 13.5. The van der Waals surface area contributed by atoms with Gasteiger partial charge in [0.1, 0.15) is 11.6 Å². The van der Waals surface area contributed by atoms with E-state index >= 15 is 0 Å². The van der Waals surface area contributed by atoms with E-state index < -0.39 is 10.0 Å². The molecular formula is C29H37N7O4S. The summed E-state index contributed by atoms with van der Waals surface area (Å²) in [5.74, 6) is 1.29. The summed E-state index contributed by atoms with van der Waals surface area (Å²) < 4.78 is 37.1. The summed E-state index contributed by atoms with van der Waals surface area (Å²) in [5, 5.41) is 4.66. The van der Waals surface area contributed by atoms with E-state index in [1.165, 1.54) is 12.1 Å². The summed E-state index contributed by atoms with van der Waals surface area (Å²) >= 11 is 0. The summed E-state index contributed by atoms with van der Waals surface area (Å²) in [6.45, 7) is 10.7. The van der Waals surface area contributed by atoms with Gasteiger partial charge in [-0.3, -0.25) is 14.4 Å². The standard InChI is InChI=1S/C29H37N7O4S/c1-5-8-26-30-20(3)27-29(37)31-28(32-36(26)27)24-18-23(11-12-25(24)40-6-2)41(38,39)33-22-10-7-9-21(17-22)19-35-15-13-34(4)14-16-35/h7,9-12,17-18,33H,5-6,8,13-16,19H2,1-4H3,(H,31,32,37). The van der Waals surface area contributed by atoms with E-state index in [4.69, 9.17) is 4.74 Å². The number of anilines is 1. The lowest BCUT2D eigenvalue weighted by atomic mass is 10.2. The predicted octanol–water partition coefficient (Wildman–Crippen LogP) is 3.29. The van der Waals surface area contributed by atoms with Crippen molar-refractivity contribution in [1.29, 1.82) is 0 Å². The highest BCUT2D eigenvalue weighted by atomic mass is 32.2. The monoisotopic (exact) mass is 579 g/mol. The molecule has 12 heteroatoms. The van der Waals surface area contributed by atoms with E-state index in [0.717, 1.165) is 44.7 Å². The van der Waals surface area contributed by atoms with Crippen LogP contribution in [0.4, 0.5) is 5.69 Å². The molecule has 3 heterocycles. The van der Waals surface area contributed by atoms with Crippen LogP contribution in [0, 0.1) is 6.92 Å². The first-order valence-corrected chi connectivity index (χ1v) is 15.4. The number of benzene rings is 2. The van der Waals surface area contributed by atoms with Crippen molar-refractivity contribution in [2.45, 2.75) is 45.1 Å². The number of likely N-dealkylation sites (N-methyl/N-ethyl adjacent to an activating group) is 1. The van der Waals surface area contributed by atoms with Crippen molar-refractivity contribution >= 4 is 21.2 Å². The zero-order chi connectivity index (χ0) is 29.1. The second kappa shape index (κ2) is 12.0. The van der Waals surface area contributed by atoms with Crippen LogP contribution in [0.3, 0.4) is 0 Å². The number of rotatable bonds is 10. The van der Waals surface area contributed by atoms with E-state index in [1.807, 2.05) is 32.0 Å².